The predicted octanol–water partition coefficient (Wildman–Crippen LogP) is 1.65. The highest BCUT2D eigenvalue weighted by atomic mass is 16.2. The van der Waals surface area contributed by atoms with Crippen LogP contribution in [0.3, 0.4) is 0 Å². The number of rotatable bonds is 6. The summed E-state index contributed by atoms with van der Waals surface area (Å²) in [7, 11) is 0. The number of carbonyl (C=O) groups is 1. The van der Waals surface area contributed by atoms with Crippen LogP contribution < -0.4 is 27.4 Å². The number of benzene rings is 1. The Morgan fingerprint density at radius 1 is 0.880 bits per heavy atom. The van der Waals surface area contributed by atoms with E-state index in [2.05, 4.69) is 36.7 Å². The van der Waals surface area contributed by atoms with Crippen molar-refractivity contribution in [1.82, 2.24) is 20.4 Å². The number of amides is 1. The third-order valence-corrected chi connectivity index (χ3v) is 3.22. The molecule has 25 heavy (non-hydrogen) atoms. The number of para-hydroxylation sites is 1. The van der Waals surface area contributed by atoms with Crippen LogP contribution in [0.25, 0.3) is 0 Å². The lowest BCUT2D eigenvalue weighted by Crippen LogP contribution is -2.30. The van der Waals surface area contributed by atoms with E-state index in [9.17, 15) is 4.79 Å². The van der Waals surface area contributed by atoms with Crippen molar-refractivity contribution in [1.29, 1.82) is 0 Å². The van der Waals surface area contributed by atoms with E-state index in [-0.39, 0.29) is 17.4 Å². The van der Waals surface area contributed by atoms with E-state index in [0.717, 1.165) is 5.69 Å². The number of nitrogens with zero attached hydrogens (tertiary/aromatic N) is 3. The highest BCUT2D eigenvalue weighted by Gasteiger charge is 2.10. The Labute approximate surface area is 143 Å². The number of hydrazine groups is 2. The van der Waals surface area contributed by atoms with Crippen LogP contribution in [0.2, 0.25) is 0 Å². The Morgan fingerprint density at radius 3 is 2.28 bits per heavy atom. The summed E-state index contributed by atoms with van der Waals surface area (Å²) < 4.78 is 0. The maximum Gasteiger partial charge on any atom is 0.269 e. The van der Waals surface area contributed by atoms with Gasteiger partial charge in [-0.3, -0.25) is 31.5 Å². The predicted molar refractivity (Wildman–Crippen MR) is 95.5 cm³/mol. The summed E-state index contributed by atoms with van der Waals surface area (Å²) in [6.07, 6.45) is 4.39. The summed E-state index contributed by atoms with van der Waals surface area (Å²) in [5.41, 5.74) is 18.7. The fraction of sp³-hybridized carbons (Fsp3) is 0. The van der Waals surface area contributed by atoms with E-state index in [1.165, 1.54) is 18.7 Å². The van der Waals surface area contributed by atoms with Crippen LogP contribution in [0.5, 0.6) is 0 Å². The fourth-order valence-corrected chi connectivity index (χ4v) is 1.94. The Bertz CT molecular complexity index is 841. The van der Waals surface area contributed by atoms with Crippen molar-refractivity contribution in [3.63, 3.8) is 0 Å². The number of pyridine rings is 1. The molecule has 0 spiro atoms. The maximum absolute atomic E-state index is 12.0. The summed E-state index contributed by atoms with van der Waals surface area (Å²) in [4.78, 5) is 24.0. The van der Waals surface area contributed by atoms with Gasteiger partial charge in [0.05, 0.1) is 5.69 Å². The molecule has 0 unspecified atom stereocenters. The molecule has 9 nitrogen and oxygen atoms in total. The van der Waals surface area contributed by atoms with Gasteiger partial charge in [-0.25, -0.2) is 9.97 Å². The molecule has 0 bridgehead atoms. The third-order valence-electron chi connectivity index (χ3n) is 3.22. The summed E-state index contributed by atoms with van der Waals surface area (Å²) in [5, 5.41) is 0. The second-order valence-corrected chi connectivity index (χ2v) is 4.92. The zero-order valence-corrected chi connectivity index (χ0v) is 13.1. The van der Waals surface area contributed by atoms with Gasteiger partial charge in [-0.2, -0.15) is 0 Å². The summed E-state index contributed by atoms with van der Waals surface area (Å²) in [6, 6.07) is 12.7. The van der Waals surface area contributed by atoms with Crippen LogP contribution >= 0.6 is 0 Å². The Hall–Kier alpha value is -3.88. The van der Waals surface area contributed by atoms with Gasteiger partial charge in [0.2, 0.25) is 0 Å². The molecule has 1 amide bonds. The van der Waals surface area contributed by atoms with Crippen LogP contribution in [0.4, 0.5) is 23.0 Å². The van der Waals surface area contributed by atoms with Crippen molar-refractivity contribution in [3.05, 3.63) is 66.7 Å². The topological polar surface area (TPSA) is 130 Å². The van der Waals surface area contributed by atoms with Gasteiger partial charge in [0, 0.05) is 18.0 Å². The molecule has 0 atom stereocenters. The molecule has 0 radical (unpaired) electrons. The molecular formula is C16H16N8O. The van der Waals surface area contributed by atoms with Crippen molar-refractivity contribution >= 4 is 28.9 Å². The number of anilines is 4. The average molecular weight is 336 g/mol. The van der Waals surface area contributed by atoms with E-state index >= 15 is 0 Å². The molecule has 0 aliphatic heterocycles. The van der Waals surface area contributed by atoms with Gasteiger partial charge in [-0.05, 0) is 24.3 Å². The smallest absolute Gasteiger partial charge is 0.269 e. The molecule has 2 heterocycles. The number of nitrogen functional groups attached to an aromatic ring is 1. The Morgan fingerprint density at radius 2 is 1.56 bits per heavy atom. The summed E-state index contributed by atoms with van der Waals surface area (Å²) in [5.74, 6) is 0.312. The highest BCUT2D eigenvalue weighted by molar-refractivity contribution is 5.95. The van der Waals surface area contributed by atoms with E-state index in [0.29, 0.717) is 11.4 Å². The van der Waals surface area contributed by atoms with E-state index in [1.54, 1.807) is 12.1 Å². The molecule has 3 aromatic rings. The lowest BCUT2D eigenvalue weighted by Gasteiger charge is -2.14. The van der Waals surface area contributed by atoms with E-state index in [1.807, 2.05) is 30.3 Å². The van der Waals surface area contributed by atoms with Gasteiger partial charge >= 0.3 is 0 Å². The lowest BCUT2D eigenvalue weighted by molar-refractivity contribution is 0.0962. The summed E-state index contributed by atoms with van der Waals surface area (Å²) >= 11 is 0. The van der Waals surface area contributed by atoms with E-state index in [4.69, 9.17) is 5.73 Å². The second-order valence-electron chi connectivity index (χ2n) is 4.92. The lowest BCUT2D eigenvalue weighted by atomic mass is 10.3. The first-order chi connectivity index (χ1) is 12.2. The van der Waals surface area contributed by atoms with Crippen LogP contribution in [-0.2, 0) is 0 Å². The van der Waals surface area contributed by atoms with Crippen molar-refractivity contribution in [3.8, 4) is 0 Å². The van der Waals surface area contributed by atoms with Crippen LogP contribution in [-0.4, -0.2) is 20.9 Å². The molecule has 1 aromatic carbocycles. The number of hydrogen-bond donors (Lipinski definition) is 5. The zero-order valence-electron chi connectivity index (χ0n) is 13.1. The van der Waals surface area contributed by atoms with Crippen LogP contribution in [0.15, 0.2) is 61.2 Å². The molecular weight excluding hydrogens is 320 g/mol. The minimum atomic E-state index is -0.336. The van der Waals surface area contributed by atoms with Crippen molar-refractivity contribution in [2.24, 2.45) is 0 Å². The standard InChI is InChI=1S/C16H16N8O/c17-13-14(22-21-12-4-2-1-3-5-12)19-10-20-15(13)23-24-16(25)11-6-8-18-9-7-11/h1-10,21H,17H2,(H,24,25)(H2,19,20,22,23). The van der Waals surface area contributed by atoms with Gasteiger partial charge in [0.15, 0.2) is 11.6 Å². The van der Waals surface area contributed by atoms with Crippen molar-refractivity contribution in [2.75, 3.05) is 22.0 Å². The number of hydrogen-bond acceptors (Lipinski definition) is 8. The maximum atomic E-state index is 12.0. The van der Waals surface area contributed by atoms with E-state index < -0.39 is 0 Å². The minimum absolute atomic E-state index is 0.251. The van der Waals surface area contributed by atoms with Gasteiger partial charge in [-0.15, -0.1) is 0 Å². The molecule has 126 valence electrons. The Balaban J connectivity index is 1.63. The van der Waals surface area contributed by atoms with Gasteiger partial charge in [-0.1, -0.05) is 18.2 Å². The molecule has 9 heteroatoms. The molecule has 0 saturated heterocycles. The number of nitrogens with one attached hydrogen (secondary N) is 4. The largest absolute Gasteiger partial charge is 0.393 e. The zero-order chi connectivity index (χ0) is 17.5. The Kier molecular flexibility index (Phi) is 4.86. The highest BCUT2D eigenvalue weighted by Crippen LogP contribution is 2.21. The summed E-state index contributed by atoms with van der Waals surface area (Å²) in [6.45, 7) is 0. The molecule has 2 aromatic heterocycles. The first kappa shape index (κ1) is 16.0. The monoisotopic (exact) mass is 336 g/mol. The normalized spacial score (nSPS) is 9.92. The average Bonchev–Trinajstić information content (AvgIpc) is 2.67. The number of nitrogens with two attached hydrogens (primary N) is 1. The second kappa shape index (κ2) is 7.59. The molecule has 0 aliphatic carbocycles. The van der Waals surface area contributed by atoms with Crippen molar-refractivity contribution in [2.45, 2.75) is 0 Å². The van der Waals surface area contributed by atoms with Gasteiger partial charge < -0.3 is 5.73 Å². The quantitative estimate of drug-likeness (QED) is 0.430. The molecule has 0 fully saturated rings. The first-order valence-electron chi connectivity index (χ1n) is 7.38. The third kappa shape index (κ3) is 4.10. The van der Waals surface area contributed by atoms with Crippen LogP contribution in [0, 0.1) is 0 Å². The number of carbonyl (C=O) groups excluding carboxylic acids is 1. The molecule has 3 rings (SSSR count). The van der Waals surface area contributed by atoms with Gasteiger partial charge in [0.1, 0.15) is 12.0 Å². The van der Waals surface area contributed by atoms with Crippen LogP contribution in [0.1, 0.15) is 10.4 Å². The van der Waals surface area contributed by atoms with Crippen molar-refractivity contribution < 1.29 is 4.79 Å². The minimum Gasteiger partial charge on any atom is -0.393 e. The molecule has 6 N–H and O–H groups in total. The molecule has 0 saturated carbocycles. The van der Waals surface area contributed by atoms with Gasteiger partial charge in [0.25, 0.3) is 5.91 Å². The fourth-order valence-electron chi connectivity index (χ4n) is 1.94. The first-order valence-corrected chi connectivity index (χ1v) is 7.38. The molecule has 0 aliphatic rings. The number of aromatic nitrogens is 3. The SMILES string of the molecule is Nc1c(NNC(=O)c2ccncc2)ncnc1NNc1ccccc1.